The van der Waals surface area contributed by atoms with Crippen LogP contribution in [0.4, 0.5) is 0 Å². The van der Waals surface area contributed by atoms with Gasteiger partial charge in [0.15, 0.2) is 11.5 Å². The zero-order valence-electron chi connectivity index (χ0n) is 9.61. The molecule has 94 valence electrons. The first-order valence-electron chi connectivity index (χ1n) is 5.69. The lowest BCUT2D eigenvalue weighted by molar-refractivity contribution is 0.0944. The van der Waals surface area contributed by atoms with E-state index in [-0.39, 0.29) is 5.69 Å². The first kappa shape index (κ1) is 12.0. The van der Waals surface area contributed by atoms with Gasteiger partial charge in [-0.15, -0.1) is 0 Å². The normalized spacial score (nSPS) is 17.7. The van der Waals surface area contributed by atoms with Crippen molar-refractivity contribution < 1.29 is 9.32 Å². The van der Waals surface area contributed by atoms with Gasteiger partial charge in [-0.05, 0) is 19.5 Å². The number of nitrogens with one attached hydrogen (secondary N) is 2. The zero-order valence-corrected chi connectivity index (χ0v) is 9.61. The molecule has 1 aliphatic heterocycles. The van der Waals surface area contributed by atoms with Crippen LogP contribution in [0.15, 0.2) is 10.6 Å². The monoisotopic (exact) mass is 239 g/mol. The molecule has 7 heteroatoms. The Labute approximate surface area is 99.3 Å². The molecule has 4 N–H and O–H groups in total. The van der Waals surface area contributed by atoms with E-state index in [2.05, 4.69) is 15.4 Å². The van der Waals surface area contributed by atoms with Gasteiger partial charge in [-0.1, -0.05) is 5.16 Å². The van der Waals surface area contributed by atoms with Gasteiger partial charge in [0.25, 0.3) is 5.91 Å². The molecule has 2 rings (SSSR count). The molecule has 0 aromatic carbocycles. The molecule has 0 atom stereocenters. The van der Waals surface area contributed by atoms with Crippen molar-refractivity contribution in [1.29, 1.82) is 0 Å². The predicted octanol–water partition coefficient (Wildman–Crippen LogP) is -0.927. The zero-order chi connectivity index (χ0) is 12.1. The minimum absolute atomic E-state index is 0.218. The van der Waals surface area contributed by atoms with E-state index in [0.29, 0.717) is 12.3 Å². The summed E-state index contributed by atoms with van der Waals surface area (Å²) in [5.41, 5.74) is 2.24. The second-order valence-corrected chi connectivity index (χ2v) is 4.03. The number of carbonyl (C=O) groups is 1. The van der Waals surface area contributed by atoms with Crippen LogP contribution in [0.25, 0.3) is 0 Å². The van der Waals surface area contributed by atoms with Gasteiger partial charge in [-0.25, -0.2) is 5.84 Å². The molecule has 7 nitrogen and oxygen atoms in total. The van der Waals surface area contributed by atoms with Gasteiger partial charge in [0.05, 0.1) is 6.54 Å². The van der Waals surface area contributed by atoms with E-state index in [0.717, 1.165) is 32.6 Å². The van der Waals surface area contributed by atoms with Crippen molar-refractivity contribution in [2.45, 2.75) is 13.0 Å². The quantitative estimate of drug-likeness (QED) is 0.358. The first-order chi connectivity index (χ1) is 8.29. The van der Waals surface area contributed by atoms with Crippen molar-refractivity contribution in [3.05, 3.63) is 17.5 Å². The SMILES string of the molecule is NNC(=O)c1cc(CN2CCCNCC2)on1. The number of carbonyl (C=O) groups excluding carboxylic acids is 1. The van der Waals surface area contributed by atoms with Gasteiger partial charge < -0.3 is 9.84 Å². The van der Waals surface area contributed by atoms with Crippen molar-refractivity contribution in [1.82, 2.24) is 20.8 Å². The Kier molecular flexibility index (Phi) is 4.08. The molecule has 1 saturated heterocycles. The number of hydrogen-bond acceptors (Lipinski definition) is 6. The number of nitrogens with two attached hydrogens (primary N) is 1. The Balaban J connectivity index is 1.93. The topological polar surface area (TPSA) is 96.4 Å². The average molecular weight is 239 g/mol. The van der Waals surface area contributed by atoms with Crippen LogP contribution in [0.3, 0.4) is 0 Å². The molecule has 0 radical (unpaired) electrons. The second kappa shape index (κ2) is 5.76. The molecule has 0 saturated carbocycles. The second-order valence-electron chi connectivity index (χ2n) is 4.03. The summed E-state index contributed by atoms with van der Waals surface area (Å²) in [4.78, 5) is 13.5. The Morgan fingerprint density at radius 1 is 1.59 bits per heavy atom. The smallest absolute Gasteiger partial charge is 0.287 e. The van der Waals surface area contributed by atoms with E-state index in [9.17, 15) is 4.79 Å². The molecule has 1 aromatic rings. The average Bonchev–Trinajstić information content (AvgIpc) is 2.65. The molecular formula is C10H17N5O2. The lowest BCUT2D eigenvalue weighted by Gasteiger charge is -2.16. The van der Waals surface area contributed by atoms with Crippen molar-refractivity contribution in [2.24, 2.45) is 5.84 Å². The number of hydrazine groups is 1. The highest BCUT2D eigenvalue weighted by Gasteiger charge is 2.15. The van der Waals surface area contributed by atoms with E-state index in [1.54, 1.807) is 6.07 Å². The summed E-state index contributed by atoms with van der Waals surface area (Å²) in [5.74, 6) is 5.27. The number of rotatable bonds is 3. The van der Waals surface area contributed by atoms with Crippen molar-refractivity contribution in [2.75, 3.05) is 26.2 Å². The standard InChI is InChI=1S/C10H17N5O2/c11-13-10(16)9-6-8(17-14-9)7-15-4-1-2-12-3-5-15/h6,12H,1-5,7,11H2,(H,13,16). The number of aromatic nitrogens is 1. The fourth-order valence-electron chi connectivity index (χ4n) is 1.85. The Bertz CT molecular complexity index is 371. The number of hydrogen-bond donors (Lipinski definition) is 3. The molecule has 0 bridgehead atoms. The summed E-state index contributed by atoms with van der Waals surface area (Å²) in [6.07, 6.45) is 1.12. The summed E-state index contributed by atoms with van der Waals surface area (Å²) < 4.78 is 5.10. The van der Waals surface area contributed by atoms with Crippen LogP contribution in [0.2, 0.25) is 0 Å². The van der Waals surface area contributed by atoms with E-state index in [1.165, 1.54) is 0 Å². The van der Waals surface area contributed by atoms with Crippen LogP contribution in [0.5, 0.6) is 0 Å². The Hall–Kier alpha value is -1.44. The van der Waals surface area contributed by atoms with Crippen LogP contribution in [0.1, 0.15) is 22.7 Å². The maximum Gasteiger partial charge on any atom is 0.287 e. The summed E-state index contributed by atoms with van der Waals surface area (Å²) >= 11 is 0. The van der Waals surface area contributed by atoms with Crippen LogP contribution in [-0.2, 0) is 6.54 Å². The minimum Gasteiger partial charge on any atom is -0.359 e. The van der Waals surface area contributed by atoms with Gasteiger partial charge in [-0.3, -0.25) is 15.1 Å². The van der Waals surface area contributed by atoms with Crippen molar-refractivity contribution in [3.8, 4) is 0 Å². The largest absolute Gasteiger partial charge is 0.359 e. The number of nitrogen functional groups attached to an aromatic ring is 1. The third-order valence-corrected chi connectivity index (χ3v) is 2.73. The predicted molar refractivity (Wildman–Crippen MR) is 60.9 cm³/mol. The molecule has 2 heterocycles. The van der Waals surface area contributed by atoms with Crippen molar-refractivity contribution >= 4 is 5.91 Å². The van der Waals surface area contributed by atoms with Gasteiger partial charge in [0.1, 0.15) is 0 Å². The van der Waals surface area contributed by atoms with Crippen LogP contribution < -0.4 is 16.6 Å². The maximum absolute atomic E-state index is 11.2. The lowest BCUT2D eigenvalue weighted by atomic mass is 10.3. The van der Waals surface area contributed by atoms with E-state index in [4.69, 9.17) is 10.4 Å². The summed E-state index contributed by atoms with van der Waals surface area (Å²) in [5, 5.41) is 6.99. The molecule has 1 aliphatic rings. The van der Waals surface area contributed by atoms with E-state index >= 15 is 0 Å². The first-order valence-corrected chi connectivity index (χ1v) is 5.69. The molecule has 1 aromatic heterocycles. The Morgan fingerprint density at radius 3 is 3.29 bits per heavy atom. The third kappa shape index (κ3) is 3.26. The number of amides is 1. The summed E-state index contributed by atoms with van der Waals surface area (Å²) in [7, 11) is 0. The van der Waals surface area contributed by atoms with Crippen molar-refractivity contribution in [3.63, 3.8) is 0 Å². The molecule has 1 amide bonds. The highest BCUT2D eigenvalue weighted by molar-refractivity contribution is 5.91. The lowest BCUT2D eigenvalue weighted by Crippen LogP contribution is -2.30. The van der Waals surface area contributed by atoms with Crippen LogP contribution >= 0.6 is 0 Å². The fourth-order valence-corrected chi connectivity index (χ4v) is 1.85. The molecule has 0 aliphatic carbocycles. The third-order valence-electron chi connectivity index (χ3n) is 2.73. The Morgan fingerprint density at radius 2 is 2.47 bits per heavy atom. The van der Waals surface area contributed by atoms with Gasteiger partial charge >= 0.3 is 0 Å². The molecular weight excluding hydrogens is 222 g/mol. The van der Waals surface area contributed by atoms with E-state index < -0.39 is 5.91 Å². The minimum atomic E-state index is -0.433. The van der Waals surface area contributed by atoms with Crippen LogP contribution in [0, 0.1) is 0 Å². The molecule has 0 spiro atoms. The highest BCUT2D eigenvalue weighted by Crippen LogP contribution is 2.08. The van der Waals surface area contributed by atoms with Gasteiger partial charge in [0, 0.05) is 19.2 Å². The van der Waals surface area contributed by atoms with E-state index in [1.807, 2.05) is 5.43 Å². The fraction of sp³-hybridized carbons (Fsp3) is 0.600. The van der Waals surface area contributed by atoms with Gasteiger partial charge in [-0.2, -0.15) is 0 Å². The summed E-state index contributed by atoms with van der Waals surface area (Å²) in [6, 6.07) is 1.63. The molecule has 17 heavy (non-hydrogen) atoms. The maximum atomic E-state index is 11.2. The summed E-state index contributed by atoms with van der Waals surface area (Å²) in [6.45, 7) is 4.69. The van der Waals surface area contributed by atoms with Crippen LogP contribution in [-0.4, -0.2) is 42.1 Å². The number of nitrogens with zero attached hydrogens (tertiary/aromatic N) is 2. The highest BCUT2D eigenvalue weighted by atomic mass is 16.5. The molecule has 0 unspecified atom stereocenters. The van der Waals surface area contributed by atoms with Gasteiger partial charge in [0.2, 0.25) is 0 Å². The molecule has 1 fully saturated rings.